The number of aromatic nitrogens is 1. The van der Waals surface area contributed by atoms with Gasteiger partial charge in [0.05, 0.1) is 17.8 Å². The molecule has 3 nitrogen and oxygen atoms in total. The molecule has 4 rings (SSSR count). The van der Waals surface area contributed by atoms with E-state index in [0.29, 0.717) is 5.56 Å². The number of para-hydroxylation sites is 1. The van der Waals surface area contributed by atoms with E-state index in [1.54, 1.807) is 6.92 Å². The van der Waals surface area contributed by atoms with Gasteiger partial charge in [0.25, 0.3) is 0 Å². The number of carbonyl (C=O) groups excluding carboxylic acids is 1. The van der Waals surface area contributed by atoms with Gasteiger partial charge in [0.1, 0.15) is 0 Å². The fourth-order valence-corrected chi connectivity index (χ4v) is 3.37. The Morgan fingerprint density at radius 1 is 0.889 bits per heavy atom. The Morgan fingerprint density at radius 2 is 1.56 bits per heavy atom. The highest BCUT2D eigenvalue weighted by molar-refractivity contribution is 6.07. The maximum Gasteiger partial charge on any atom is 0.160 e. The van der Waals surface area contributed by atoms with Crippen LogP contribution in [0.1, 0.15) is 22.8 Å². The quantitative estimate of drug-likeness (QED) is 0.509. The zero-order valence-electron chi connectivity index (χ0n) is 15.0. The Kier molecular flexibility index (Phi) is 4.53. The average Bonchev–Trinajstić information content (AvgIpc) is 2.73. The molecule has 0 unspecified atom stereocenters. The van der Waals surface area contributed by atoms with Crippen molar-refractivity contribution in [3.63, 3.8) is 0 Å². The number of hydrogen-bond acceptors (Lipinski definition) is 3. The third kappa shape index (κ3) is 3.25. The number of rotatable bonds is 4. The molecule has 1 N–H and O–H groups in total. The molecular weight excluding hydrogens is 334 g/mol. The molecule has 0 fully saturated rings. The zero-order valence-corrected chi connectivity index (χ0v) is 15.0. The number of fused-ring (bicyclic) bond motifs is 1. The molecule has 1 heterocycles. The van der Waals surface area contributed by atoms with Crippen LogP contribution in [0.5, 0.6) is 0 Å². The fourth-order valence-electron chi connectivity index (χ4n) is 3.37. The minimum atomic E-state index is 0.00608. The van der Waals surface area contributed by atoms with Gasteiger partial charge in [0.2, 0.25) is 0 Å². The second-order valence-corrected chi connectivity index (χ2v) is 6.52. The van der Waals surface area contributed by atoms with Gasteiger partial charge in [-0.3, -0.25) is 4.79 Å². The Morgan fingerprint density at radius 3 is 2.30 bits per heavy atom. The highest BCUT2D eigenvalue weighted by atomic mass is 16.3. The van der Waals surface area contributed by atoms with Crippen LogP contribution in [-0.4, -0.2) is 15.9 Å². The minimum Gasteiger partial charge on any atom is -0.392 e. The first kappa shape index (κ1) is 17.1. The maximum absolute atomic E-state index is 12.1. The van der Waals surface area contributed by atoms with Gasteiger partial charge in [-0.1, -0.05) is 66.7 Å². The van der Waals surface area contributed by atoms with E-state index in [-0.39, 0.29) is 12.4 Å². The van der Waals surface area contributed by atoms with Gasteiger partial charge in [-0.15, -0.1) is 0 Å². The van der Waals surface area contributed by atoms with Crippen LogP contribution in [0.3, 0.4) is 0 Å². The fraction of sp³-hybridized carbons (Fsp3) is 0.0833. The molecule has 0 saturated heterocycles. The van der Waals surface area contributed by atoms with Crippen molar-refractivity contribution in [2.75, 3.05) is 0 Å². The summed E-state index contributed by atoms with van der Waals surface area (Å²) in [5.41, 5.74) is 6.18. The first-order valence-corrected chi connectivity index (χ1v) is 8.87. The molecular formula is C24H19NO2. The Balaban J connectivity index is 1.79. The van der Waals surface area contributed by atoms with Crippen LogP contribution < -0.4 is 0 Å². The Hall–Kier alpha value is -3.30. The van der Waals surface area contributed by atoms with Crippen molar-refractivity contribution >= 4 is 16.7 Å². The molecule has 132 valence electrons. The molecule has 0 spiro atoms. The summed E-state index contributed by atoms with van der Waals surface area (Å²) in [4.78, 5) is 16.8. The second kappa shape index (κ2) is 7.14. The number of pyridine rings is 1. The van der Waals surface area contributed by atoms with E-state index in [2.05, 4.69) is 0 Å². The summed E-state index contributed by atoms with van der Waals surface area (Å²) in [5, 5.41) is 10.4. The molecule has 27 heavy (non-hydrogen) atoms. The standard InChI is InChI=1S/C24H19NO2/c1-16(27)22-14-24(25-23-9-5-4-8-21(22)23)18-12-10-17(11-13-18)20-7-3-2-6-19(20)15-26/h2-14,26H,15H2,1H3. The van der Waals surface area contributed by atoms with E-state index in [1.165, 1.54) is 0 Å². The van der Waals surface area contributed by atoms with Crippen molar-refractivity contribution in [2.45, 2.75) is 13.5 Å². The summed E-state index contributed by atoms with van der Waals surface area (Å²) in [6, 6.07) is 25.4. The minimum absolute atomic E-state index is 0.00608. The highest BCUT2D eigenvalue weighted by Crippen LogP contribution is 2.29. The smallest absolute Gasteiger partial charge is 0.160 e. The predicted octanol–water partition coefficient (Wildman–Crippen LogP) is 5.26. The maximum atomic E-state index is 12.1. The molecule has 0 bridgehead atoms. The summed E-state index contributed by atoms with van der Waals surface area (Å²) in [6.45, 7) is 1.59. The Bertz CT molecular complexity index is 1130. The third-order valence-electron chi connectivity index (χ3n) is 4.77. The number of carbonyl (C=O) groups is 1. The predicted molar refractivity (Wildman–Crippen MR) is 109 cm³/mol. The lowest BCUT2D eigenvalue weighted by atomic mass is 9.97. The number of Topliss-reactive ketones (excluding diaryl/α,β-unsaturated/α-hetero) is 1. The Labute approximate surface area is 157 Å². The summed E-state index contributed by atoms with van der Waals surface area (Å²) in [7, 11) is 0. The van der Waals surface area contributed by atoms with Gasteiger partial charge in [-0.05, 0) is 35.7 Å². The molecule has 0 aliphatic carbocycles. The number of hydrogen-bond donors (Lipinski definition) is 1. The van der Waals surface area contributed by atoms with Crippen LogP contribution in [0.2, 0.25) is 0 Å². The van der Waals surface area contributed by atoms with Gasteiger partial charge in [0.15, 0.2) is 5.78 Å². The molecule has 0 aliphatic rings. The highest BCUT2D eigenvalue weighted by Gasteiger charge is 2.11. The van der Waals surface area contributed by atoms with Gasteiger partial charge >= 0.3 is 0 Å². The van der Waals surface area contributed by atoms with Gasteiger partial charge < -0.3 is 5.11 Å². The monoisotopic (exact) mass is 353 g/mol. The van der Waals surface area contributed by atoms with Crippen molar-refractivity contribution in [1.29, 1.82) is 0 Å². The third-order valence-corrected chi connectivity index (χ3v) is 4.77. The molecule has 0 saturated carbocycles. The largest absolute Gasteiger partial charge is 0.392 e. The molecule has 3 heteroatoms. The lowest BCUT2D eigenvalue weighted by molar-refractivity contribution is 0.101. The van der Waals surface area contributed by atoms with Crippen molar-refractivity contribution in [3.8, 4) is 22.4 Å². The SMILES string of the molecule is CC(=O)c1cc(-c2ccc(-c3ccccc3CO)cc2)nc2ccccc12. The van der Waals surface area contributed by atoms with E-state index >= 15 is 0 Å². The van der Waals surface area contributed by atoms with E-state index < -0.39 is 0 Å². The first-order chi connectivity index (χ1) is 13.2. The van der Waals surface area contributed by atoms with Crippen molar-refractivity contribution in [2.24, 2.45) is 0 Å². The summed E-state index contributed by atoms with van der Waals surface area (Å²) < 4.78 is 0. The molecule has 1 aromatic heterocycles. The normalized spacial score (nSPS) is 10.9. The molecule has 4 aromatic rings. The number of benzene rings is 3. The van der Waals surface area contributed by atoms with E-state index in [9.17, 15) is 9.90 Å². The second-order valence-electron chi connectivity index (χ2n) is 6.52. The average molecular weight is 353 g/mol. The lowest BCUT2D eigenvalue weighted by Crippen LogP contribution is -1.97. The summed E-state index contributed by atoms with van der Waals surface area (Å²) in [5.74, 6) is 0.0309. The molecule has 3 aromatic carbocycles. The van der Waals surface area contributed by atoms with Crippen molar-refractivity contribution in [3.05, 3.63) is 90.0 Å². The number of aliphatic hydroxyl groups is 1. The van der Waals surface area contributed by atoms with E-state index in [0.717, 1.165) is 38.9 Å². The summed E-state index contributed by atoms with van der Waals surface area (Å²) in [6.07, 6.45) is 0. The molecule has 0 amide bonds. The van der Waals surface area contributed by atoms with Crippen LogP contribution in [0.4, 0.5) is 0 Å². The topological polar surface area (TPSA) is 50.2 Å². The number of aliphatic hydroxyl groups excluding tert-OH is 1. The zero-order chi connectivity index (χ0) is 18.8. The van der Waals surface area contributed by atoms with Crippen LogP contribution in [0.25, 0.3) is 33.3 Å². The van der Waals surface area contributed by atoms with E-state index in [4.69, 9.17) is 4.98 Å². The van der Waals surface area contributed by atoms with Crippen molar-refractivity contribution in [1.82, 2.24) is 4.98 Å². The number of ketones is 1. The van der Waals surface area contributed by atoms with Gasteiger partial charge in [0, 0.05) is 16.5 Å². The van der Waals surface area contributed by atoms with Crippen LogP contribution >= 0.6 is 0 Å². The first-order valence-electron chi connectivity index (χ1n) is 8.87. The molecule has 0 atom stereocenters. The lowest BCUT2D eigenvalue weighted by Gasteiger charge is -2.10. The molecule has 0 aliphatic heterocycles. The van der Waals surface area contributed by atoms with Crippen LogP contribution in [0.15, 0.2) is 78.9 Å². The van der Waals surface area contributed by atoms with Gasteiger partial charge in [-0.2, -0.15) is 0 Å². The van der Waals surface area contributed by atoms with Gasteiger partial charge in [-0.25, -0.2) is 4.98 Å². The van der Waals surface area contributed by atoms with Crippen LogP contribution in [0, 0.1) is 0 Å². The molecule has 0 radical (unpaired) electrons. The van der Waals surface area contributed by atoms with E-state index in [1.807, 2.05) is 78.9 Å². The number of nitrogens with zero attached hydrogens (tertiary/aromatic N) is 1. The van der Waals surface area contributed by atoms with Crippen LogP contribution in [-0.2, 0) is 6.61 Å². The van der Waals surface area contributed by atoms with Crippen molar-refractivity contribution < 1.29 is 9.90 Å². The summed E-state index contributed by atoms with van der Waals surface area (Å²) >= 11 is 0.